The average Bonchev–Trinajstić information content (AvgIpc) is 2.17. The molecule has 1 rings (SSSR count). The van der Waals surface area contributed by atoms with E-state index in [9.17, 15) is 13.6 Å². The van der Waals surface area contributed by atoms with Crippen LogP contribution in [0.15, 0.2) is 6.07 Å². The van der Waals surface area contributed by atoms with Crippen LogP contribution < -0.4 is 0 Å². The van der Waals surface area contributed by atoms with Crippen molar-refractivity contribution >= 4 is 44.8 Å². The van der Waals surface area contributed by atoms with Gasteiger partial charge in [-0.1, -0.05) is 15.9 Å². The minimum atomic E-state index is -2.65. The van der Waals surface area contributed by atoms with Gasteiger partial charge in [0.15, 0.2) is 6.29 Å². The molecule has 2 nitrogen and oxygen atoms in total. The van der Waals surface area contributed by atoms with Crippen LogP contribution in [0.4, 0.5) is 8.78 Å². The monoisotopic (exact) mass is 375 g/mol. The highest BCUT2D eigenvalue weighted by Gasteiger charge is 2.14. The predicted molar refractivity (Wildman–Crippen MR) is 59.9 cm³/mol. The second-order valence-corrected chi connectivity index (χ2v) is 4.09. The molecule has 14 heavy (non-hydrogen) atoms. The fraction of sp³-hybridized carbons (Fsp3) is 0.250. The van der Waals surface area contributed by atoms with Gasteiger partial charge in [0.2, 0.25) is 0 Å². The molecular formula is C8H5BrF2INO. The van der Waals surface area contributed by atoms with Crippen LogP contribution >= 0.6 is 38.5 Å². The highest BCUT2D eigenvalue weighted by atomic mass is 127. The minimum absolute atomic E-state index is 0.255. The summed E-state index contributed by atoms with van der Waals surface area (Å²) in [6.07, 6.45) is -2.09. The third-order valence-electron chi connectivity index (χ3n) is 1.55. The summed E-state index contributed by atoms with van der Waals surface area (Å²) in [5, 5.41) is 0.354. The first-order chi connectivity index (χ1) is 6.60. The fourth-order valence-electron chi connectivity index (χ4n) is 0.913. The van der Waals surface area contributed by atoms with Crippen LogP contribution in [-0.4, -0.2) is 11.3 Å². The molecule has 1 aromatic heterocycles. The van der Waals surface area contributed by atoms with E-state index in [1.54, 1.807) is 0 Å². The average molecular weight is 376 g/mol. The van der Waals surface area contributed by atoms with Crippen molar-refractivity contribution in [1.82, 2.24) is 4.98 Å². The molecule has 0 aliphatic heterocycles. The summed E-state index contributed by atoms with van der Waals surface area (Å²) in [5.41, 5.74) is 0.359. The lowest BCUT2D eigenvalue weighted by Crippen LogP contribution is -2.01. The Morgan fingerprint density at radius 1 is 1.64 bits per heavy atom. The summed E-state index contributed by atoms with van der Waals surface area (Å²) < 4.78 is 25.3. The van der Waals surface area contributed by atoms with E-state index >= 15 is 0 Å². The fourth-order valence-corrected chi connectivity index (χ4v) is 2.44. The second-order valence-electron chi connectivity index (χ2n) is 2.45. The summed E-state index contributed by atoms with van der Waals surface area (Å²) in [6.45, 7) is 0. The first-order valence-electron chi connectivity index (χ1n) is 3.58. The van der Waals surface area contributed by atoms with Crippen LogP contribution in [0.3, 0.4) is 0 Å². The van der Waals surface area contributed by atoms with Gasteiger partial charge in [-0.05, 0) is 28.7 Å². The smallest absolute Gasteiger partial charge is 0.280 e. The lowest BCUT2D eigenvalue weighted by atomic mass is 10.2. The van der Waals surface area contributed by atoms with Crippen molar-refractivity contribution in [2.45, 2.75) is 11.8 Å². The van der Waals surface area contributed by atoms with Crippen molar-refractivity contribution in [3.8, 4) is 0 Å². The normalized spacial score (nSPS) is 10.6. The molecule has 0 aliphatic carbocycles. The molecule has 1 heterocycles. The molecule has 6 heteroatoms. The van der Waals surface area contributed by atoms with Crippen LogP contribution in [-0.2, 0) is 5.33 Å². The Balaban J connectivity index is 3.31. The Morgan fingerprint density at radius 3 is 2.71 bits per heavy atom. The number of halogens is 4. The summed E-state index contributed by atoms with van der Waals surface area (Å²) in [5.74, 6) is 0. The van der Waals surface area contributed by atoms with E-state index in [2.05, 4.69) is 20.9 Å². The number of aromatic nitrogens is 1. The van der Waals surface area contributed by atoms with Gasteiger partial charge in [0.1, 0.15) is 5.69 Å². The first kappa shape index (κ1) is 12.0. The number of aldehydes is 1. The van der Waals surface area contributed by atoms with Crippen LogP contribution in [0.25, 0.3) is 0 Å². The van der Waals surface area contributed by atoms with Gasteiger partial charge in [-0.15, -0.1) is 0 Å². The summed E-state index contributed by atoms with van der Waals surface area (Å²) in [4.78, 5) is 14.3. The van der Waals surface area contributed by atoms with E-state index in [-0.39, 0.29) is 11.3 Å². The maximum atomic E-state index is 12.3. The van der Waals surface area contributed by atoms with E-state index < -0.39 is 6.43 Å². The van der Waals surface area contributed by atoms with E-state index in [0.29, 0.717) is 20.9 Å². The maximum absolute atomic E-state index is 12.3. The molecule has 0 unspecified atom stereocenters. The molecule has 1 aromatic rings. The highest BCUT2D eigenvalue weighted by molar-refractivity contribution is 14.1. The van der Waals surface area contributed by atoms with Gasteiger partial charge in [-0.3, -0.25) is 4.79 Å². The number of hydrogen-bond donors (Lipinski definition) is 0. The largest absolute Gasteiger partial charge is 0.298 e. The zero-order valence-corrected chi connectivity index (χ0v) is 10.5. The van der Waals surface area contributed by atoms with E-state index in [1.165, 1.54) is 0 Å². The Morgan fingerprint density at radius 2 is 2.29 bits per heavy atom. The maximum Gasteiger partial charge on any atom is 0.280 e. The topological polar surface area (TPSA) is 30.0 Å². The van der Waals surface area contributed by atoms with Crippen molar-refractivity contribution in [1.29, 1.82) is 0 Å². The van der Waals surface area contributed by atoms with Crippen LogP contribution in [0.1, 0.15) is 28.2 Å². The molecule has 0 bridgehead atoms. The van der Waals surface area contributed by atoms with Gasteiger partial charge >= 0.3 is 0 Å². The van der Waals surface area contributed by atoms with Gasteiger partial charge in [0.05, 0.1) is 5.69 Å². The molecule has 0 spiro atoms. The Bertz CT molecular complexity index is 359. The first-order valence-corrected chi connectivity index (χ1v) is 5.78. The molecule has 76 valence electrons. The molecule has 0 radical (unpaired) electrons. The molecule has 0 saturated heterocycles. The molecule has 0 N–H and O–H groups in total. The summed E-state index contributed by atoms with van der Waals surface area (Å²) in [6, 6.07) is 1.12. The highest BCUT2D eigenvalue weighted by Crippen LogP contribution is 2.23. The van der Waals surface area contributed by atoms with Crippen molar-refractivity contribution < 1.29 is 13.6 Å². The van der Waals surface area contributed by atoms with Crippen molar-refractivity contribution in [3.63, 3.8) is 0 Å². The molecular weight excluding hydrogens is 371 g/mol. The molecule has 0 saturated carbocycles. The van der Waals surface area contributed by atoms with E-state index in [1.807, 2.05) is 22.6 Å². The van der Waals surface area contributed by atoms with Gasteiger partial charge in [0.25, 0.3) is 6.43 Å². The Kier molecular flexibility index (Phi) is 4.36. The summed E-state index contributed by atoms with van der Waals surface area (Å²) >= 11 is 5.04. The lowest BCUT2D eigenvalue weighted by molar-refractivity contribution is 0.112. The molecule has 0 aromatic carbocycles. The molecule has 0 aliphatic rings. The zero-order valence-electron chi connectivity index (χ0n) is 6.81. The number of hydrogen-bond acceptors (Lipinski definition) is 2. The Hall–Kier alpha value is -0.110. The van der Waals surface area contributed by atoms with Crippen LogP contribution in [0.2, 0.25) is 0 Å². The Labute approximate surface area is 101 Å². The quantitative estimate of drug-likeness (QED) is 0.461. The number of nitrogens with zero attached hydrogens (tertiary/aromatic N) is 1. The second kappa shape index (κ2) is 5.11. The third-order valence-corrected chi connectivity index (χ3v) is 3.33. The SMILES string of the molecule is O=Cc1cc(C(F)F)nc(CBr)c1I. The molecule has 0 amide bonds. The molecule has 0 atom stereocenters. The third kappa shape index (κ3) is 2.47. The number of rotatable bonds is 3. The van der Waals surface area contributed by atoms with Crippen LogP contribution in [0, 0.1) is 3.57 Å². The predicted octanol–water partition coefficient (Wildman–Crippen LogP) is 3.33. The number of carbonyl (C=O) groups is 1. The number of pyridine rings is 1. The summed E-state index contributed by atoms with van der Waals surface area (Å²) in [7, 11) is 0. The van der Waals surface area contributed by atoms with Gasteiger partial charge in [0, 0.05) is 14.5 Å². The number of alkyl halides is 3. The van der Waals surface area contributed by atoms with E-state index in [0.717, 1.165) is 6.07 Å². The van der Waals surface area contributed by atoms with Gasteiger partial charge in [-0.2, -0.15) is 0 Å². The van der Waals surface area contributed by atoms with Crippen molar-refractivity contribution in [2.24, 2.45) is 0 Å². The van der Waals surface area contributed by atoms with Crippen LogP contribution in [0.5, 0.6) is 0 Å². The van der Waals surface area contributed by atoms with Crippen molar-refractivity contribution in [3.05, 3.63) is 26.6 Å². The molecule has 0 fully saturated rings. The minimum Gasteiger partial charge on any atom is -0.298 e. The van der Waals surface area contributed by atoms with Gasteiger partial charge < -0.3 is 0 Å². The zero-order chi connectivity index (χ0) is 10.7. The standard InChI is InChI=1S/C8H5BrF2INO/c9-2-6-7(12)4(3-14)1-5(13-6)8(10)11/h1,3,8H,2H2. The van der Waals surface area contributed by atoms with Gasteiger partial charge in [-0.25, -0.2) is 13.8 Å². The lowest BCUT2D eigenvalue weighted by Gasteiger charge is -2.06. The van der Waals surface area contributed by atoms with E-state index in [4.69, 9.17) is 0 Å². The van der Waals surface area contributed by atoms with Crippen molar-refractivity contribution in [2.75, 3.05) is 0 Å². The number of carbonyl (C=O) groups excluding carboxylic acids is 1.